The molecule has 1 fully saturated rings. The van der Waals surface area contributed by atoms with E-state index >= 15 is 0 Å². The molecule has 18 heavy (non-hydrogen) atoms. The highest BCUT2D eigenvalue weighted by Gasteiger charge is 2.27. The summed E-state index contributed by atoms with van der Waals surface area (Å²) in [6.45, 7) is 3.69. The molecule has 2 rings (SSSR count). The van der Waals surface area contributed by atoms with E-state index in [1.807, 2.05) is 6.92 Å². The fourth-order valence-corrected chi connectivity index (χ4v) is 2.40. The predicted octanol–water partition coefficient (Wildman–Crippen LogP) is 2.15. The van der Waals surface area contributed by atoms with Crippen molar-refractivity contribution in [1.82, 2.24) is 10.2 Å². The predicted molar refractivity (Wildman–Crippen MR) is 66.1 cm³/mol. The lowest BCUT2D eigenvalue weighted by Gasteiger charge is -2.28. The number of aryl methyl sites for hydroxylation is 1. The monoisotopic (exact) mass is 252 g/mol. The van der Waals surface area contributed by atoms with Crippen LogP contribution in [0.5, 0.6) is 0 Å². The van der Waals surface area contributed by atoms with Crippen LogP contribution in [0.2, 0.25) is 0 Å². The Morgan fingerprint density at radius 2 is 2.33 bits per heavy atom. The van der Waals surface area contributed by atoms with E-state index in [1.165, 1.54) is 17.0 Å². The molecule has 2 N–H and O–H groups in total. The number of benzene rings is 1. The smallest absolute Gasteiger partial charge is 0.407 e. The lowest BCUT2D eigenvalue weighted by molar-refractivity contribution is 0.128. The molecule has 0 spiro atoms. The summed E-state index contributed by atoms with van der Waals surface area (Å²) in [6, 6.07) is 4.26. The second-order valence-corrected chi connectivity index (χ2v) is 4.55. The first-order chi connectivity index (χ1) is 8.59. The molecule has 1 aromatic rings. The molecule has 0 radical (unpaired) electrons. The van der Waals surface area contributed by atoms with Crippen LogP contribution in [-0.2, 0) is 0 Å². The van der Waals surface area contributed by atoms with E-state index in [9.17, 15) is 14.3 Å². The van der Waals surface area contributed by atoms with Gasteiger partial charge in [-0.25, -0.2) is 9.18 Å². The van der Waals surface area contributed by atoms with Gasteiger partial charge < -0.3 is 10.4 Å². The van der Waals surface area contributed by atoms with Gasteiger partial charge in [0.25, 0.3) is 0 Å². The molecular weight excluding hydrogens is 235 g/mol. The first kappa shape index (κ1) is 12.8. The Bertz CT molecular complexity index is 451. The lowest BCUT2D eigenvalue weighted by Crippen LogP contribution is -2.36. The van der Waals surface area contributed by atoms with Gasteiger partial charge in [0.1, 0.15) is 5.82 Å². The maximum atomic E-state index is 13.1. The molecule has 5 heteroatoms. The Kier molecular flexibility index (Phi) is 3.81. The van der Waals surface area contributed by atoms with E-state index in [0.29, 0.717) is 13.1 Å². The largest absolute Gasteiger partial charge is 0.465 e. The summed E-state index contributed by atoms with van der Waals surface area (Å²) in [6.07, 6.45) is -0.129. The highest BCUT2D eigenvalue weighted by Crippen LogP contribution is 2.25. The third-order valence-corrected chi connectivity index (χ3v) is 3.30. The highest BCUT2D eigenvalue weighted by molar-refractivity contribution is 5.66. The third kappa shape index (κ3) is 2.61. The van der Waals surface area contributed by atoms with E-state index in [4.69, 9.17) is 0 Å². The summed E-state index contributed by atoms with van der Waals surface area (Å²) < 4.78 is 13.1. The number of amides is 1. The molecule has 1 aliphatic rings. The zero-order valence-electron chi connectivity index (χ0n) is 10.3. The van der Waals surface area contributed by atoms with Crippen molar-refractivity contribution in [2.75, 3.05) is 19.6 Å². The van der Waals surface area contributed by atoms with Crippen molar-refractivity contribution in [3.8, 4) is 0 Å². The summed E-state index contributed by atoms with van der Waals surface area (Å²) in [5.41, 5.74) is 1.66. The second kappa shape index (κ2) is 5.35. The summed E-state index contributed by atoms with van der Waals surface area (Å²) in [5.74, 6) is -0.292. The van der Waals surface area contributed by atoms with E-state index in [-0.39, 0.29) is 11.9 Å². The molecule has 1 unspecified atom stereocenters. The molecule has 0 aromatic heterocycles. The minimum absolute atomic E-state index is 0.245. The van der Waals surface area contributed by atoms with E-state index in [1.54, 1.807) is 6.07 Å². The van der Waals surface area contributed by atoms with Crippen molar-refractivity contribution in [1.29, 1.82) is 0 Å². The standard InChI is InChI=1S/C13H17FN2O2/c1-9-7-10(14)3-4-11(9)12-8-15-5-2-6-16(12)13(17)18/h3-4,7,12,15H,2,5-6,8H2,1H3,(H,17,18). The van der Waals surface area contributed by atoms with E-state index < -0.39 is 6.09 Å². The van der Waals surface area contributed by atoms with Crippen molar-refractivity contribution in [2.45, 2.75) is 19.4 Å². The van der Waals surface area contributed by atoms with Crippen LogP contribution in [0, 0.1) is 12.7 Å². The van der Waals surface area contributed by atoms with Crippen molar-refractivity contribution in [2.24, 2.45) is 0 Å². The van der Waals surface area contributed by atoms with Gasteiger partial charge in [-0.05, 0) is 43.1 Å². The van der Waals surface area contributed by atoms with Gasteiger partial charge in [0, 0.05) is 13.1 Å². The minimum Gasteiger partial charge on any atom is -0.465 e. The molecule has 4 nitrogen and oxygen atoms in total. The fraction of sp³-hybridized carbons (Fsp3) is 0.462. The van der Waals surface area contributed by atoms with Gasteiger partial charge in [-0.2, -0.15) is 0 Å². The minimum atomic E-state index is -0.924. The summed E-state index contributed by atoms with van der Waals surface area (Å²) in [4.78, 5) is 12.7. The fourth-order valence-electron chi connectivity index (χ4n) is 2.40. The molecular formula is C13H17FN2O2. The van der Waals surface area contributed by atoms with Crippen LogP contribution in [-0.4, -0.2) is 35.7 Å². The number of halogens is 1. The molecule has 1 amide bonds. The van der Waals surface area contributed by atoms with Gasteiger partial charge >= 0.3 is 6.09 Å². The van der Waals surface area contributed by atoms with Gasteiger partial charge in [-0.3, -0.25) is 4.90 Å². The maximum absolute atomic E-state index is 13.1. The molecule has 1 aliphatic heterocycles. The first-order valence-corrected chi connectivity index (χ1v) is 6.06. The van der Waals surface area contributed by atoms with Gasteiger partial charge in [-0.15, -0.1) is 0 Å². The molecule has 98 valence electrons. The van der Waals surface area contributed by atoms with Crippen LogP contribution >= 0.6 is 0 Å². The Labute approximate surface area is 105 Å². The number of hydrogen-bond donors (Lipinski definition) is 2. The molecule has 1 heterocycles. The molecule has 1 saturated heterocycles. The Hall–Kier alpha value is -1.62. The van der Waals surface area contributed by atoms with Crippen molar-refractivity contribution >= 4 is 6.09 Å². The van der Waals surface area contributed by atoms with Crippen LogP contribution in [0.15, 0.2) is 18.2 Å². The average molecular weight is 252 g/mol. The van der Waals surface area contributed by atoms with Crippen molar-refractivity contribution < 1.29 is 14.3 Å². The van der Waals surface area contributed by atoms with Gasteiger partial charge in [-0.1, -0.05) is 6.07 Å². The van der Waals surface area contributed by atoms with Gasteiger partial charge in [0.05, 0.1) is 6.04 Å². The van der Waals surface area contributed by atoms with Crippen LogP contribution < -0.4 is 5.32 Å². The van der Waals surface area contributed by atoms with Crippen LogP contribution in [0.3, 0.4) is 0 Å². The third-order valence-electron chi connectivity index (χ3n) is 3.30. The molecule has 0 aliphatic carbocycles. The van der Waals surface area contributed by atoms with E-state index in [0.717, 1.165) is 24.1 Å². The van der Waals surface area contributed by atoms with Crippen LogP contribution in [0.1, 0.15) is 23.6 Å². The molecule has 0 bridgehead atoms. The average Bonchev–Trinajstić information content (AvgIpc) is 2.54. The first-order valence-electron chi connectivity index (χ1n) is 6.06. The molecule has 1 aromatic carbocycles. The van der Waals surface area contributed by atoms with Gasteiger partial charge in [0.15, 0.2) is 0 Å². The number of nitrogens with zero attached hydrogens (tertiary/aromatic N) is 1. The zero-order chi connectivity index (χ0) is 13.1. The van der Waals surface area contributed by atoms with E-state index in [2.05, 4.69) is 5.32 Å². The van der Waals surface area contributed by atoms with Crippen molar-refractivity contribution in [3.05, 3.63) is 35.1 Å². The highest BCUT2D eigenvalue weighted by atomic mass is 19.1. The number of hydrogen-bond acceptors (Lipinski definition) is 2. The second-order valence-electron chi connectivity index (χ2n) is 4.55. The topological polar surface area (TPSA) is 52.6 Å². The maximum Gasteiger partial charge on any atom is 0.407 e. The SMILES string of the molecule is Cc1cc(F)ccc1C1CNCCCN1C(=O)O. The van der Waals surface area contributed by atoms with Gasteiger partial charge in [0.2, 0.25) is 0 Å². The normalized spacial score (nSPS) is 20.6. The zero-order valence-corrected chi connectivity index (χ0v) is 10.3. The quantitative estimate of drug-likeness (QED) is 0.805. The molecule has 0 saturated carbocycles. The molecule has 1 atom stereocenters. The lowest BCUT2D eigenvalue weighted by atomic mass is 10.00. The summed E-state index contributed by atoms with van der Waals surface area (Å²) in [5, 5.41) is 12.5. The summed E-state index contributed by atoms with van der Waals surface area (Å²) in [7, 11) is 0. The Morgan fingerprint density at radius 3 is 3.00 bits per heavy atom. The Morgan fingerprint density at radius 1 is 1.56 bits per heavy atom. The Balaban J connectivity index is 2.34. The number of nitrogens with one attached hydrogen (secondary N) is 1. The number of carbonyl (C=O) groups is 1. The number of carboxylic acid groups (broad SMARTS) is 1. The van der Waals surface area contributed by atoms with Crippen molar-refractivity contribution in [3.63, 3.8) is 0 Å². The van der Waals surface area contributed by atoms with Crippen LogP contribution in [0.25, 0.3) is 0 Å². The summed E-state index contributed by atoms with van der Waals surface area (Å²) >= 11 is 0. The van der Waals surface area contributed by atoms with Crippen LogP contribution in [0.4, 0.5) is 9.18 Å². The number of rotatable bonds is 1.